The summed E-state index contributed by atoms with van der Waals surface area (Å²) in [5, 5.41) is 8.06. The zero-order chi connectivity index (χ0) is 21.3. The molecule has 0 N–H and O–H groups in total. The average molecular weight is 426 g/mol. The van der Waals surface area contributed by atoms with Crippen LogP contribution in [0.2, 0.25) is 0 Å². The van der Waals surface area contributed by atoms with Gasteiger partial charge in [-0.25, -0.2) is 4.98 Å². The quantitative estimate of drug-likeness (QED) is 0.642. The number of nitrogens with zero attached hydrogens (tertiary/aromatic N) is 5. The lowest BCUT2D eigenvalue weighted by Gasteiger charge is -2.34. The van der Waals surface area contributed by atoms with Gasteiger partial charge in [-0.3, -0.25) is 19.2 Å². The first-order valence-electron chi connectivity index (χ1n) is 10.2. The summed E-state index contributed by atoms with van der Waals surface area (Å²) in [7, 11) is 0. The van der Waals surface area contributed by atoms with Gasteiger partial charge in [0.1, 0.15) is 6.54 Å². The molecule has 2 aromatic heterocycles. The summed E-state index contributed by atoms with van der Waals surface area (Å²) in [6.07, 6.45) is 1.28. The second kappa shape index (κ2) is 8.28. The molecule has 1 amide bonds. The van der Waals surface area contributed by atoms with E-state index in [1.165, 1.54) is 6.20 Å². The van der Waals surface area contributed by atoms with Crippen molar-refractivity contribution in [1.29, 1.82) is 0 Å². The summed E-state index contributed by atoms with van der Waals surface area (Å²) in [5.74, 6) is 0.0274. The second-order valence-corrected chi connectivity index (χ2v) is 9.59. The van der Waals surface area contributed by atoms with E-state index >= 15 is 0 Å². The highest BCUT2D eigenvalue weighted by molar-refractivity contribution is 7.09. The maximum Gasteiger partial charge on any atom is 0.244 e. The molecule has 0 saturated carbocycles. The van der Waals surface area contributed by atoms with E-state index in [0.717, 1.165) is 30.3 Å². The number of piperazine rings is 1. The molecule has 4 rings (SSSR count). The molecule has 30 heavy (non-hydrogen) atoms. The van der Waals surface area contributed by atoms with Gasteiger partial charge in [0.15, 0.2) is 0 Å². The van der Waals surface area contributed by atoms with Gasteiger partial charge >= 0.3 is 0 Å². The Kier molecular flexibility index (Phi) is 5.71. The molecule has 0 spiro atoms. The molecule has 1 fully saturated rings. The first-order chi connectivity index (χ1) is 14.3. The number of benzene rings is 1. The molecule has 0 unspecified atom stereocenters. The largest absolute Gasteiger partial charge is 0.339 e. The molecule has 158 valence electrons. The molecule has 0 radical (unpaired) electrons. The smallest absolute Gasteiger partial charge is 0.244 e. The van der Waals surface area contributed by atoms with Gasteiger partial charge in [-0.2, -0.15) is 5.10 Å². The SMILES string of the molecule is CC(C)(C)c1nc(CN2CCN(C(=O)Cn3ncc(=O)c4ccccc43)CC2)cs1. The Morgan fingerprint density at radius 2 is 1.87 bits per heavy atom. The normalized spacial score (nSPS) is 15.6. The highest BCUT2D eigenvalue weighted by Gasteiger charge is 2.23. The van der Waals surface area contributed by atoms with E-state index in [2.05, 4.69) is 36.1 Å². The topological polar surface area (TPSA) is 71.3 Å². The molecule has 7 nitrogen and oxygen atoms in total. The summed E-state index contributed by atoms with van der Waals surface area (Å²) in [5.41, 5.74) is 1.75. The monoisotopic (exact) mass is 425 g/mol. The number of carbonyl (C=O) groups is 1. The number of thiazole rings is 1. The first-order valence-corrected chi connectivity index (χ1v) is 11.1. The molecule has 0 atom stereocenters. The van der Waals surface area contributed by atoms with E-state index in [1.807, 2.05) is 23.1 Å². The number of aromatic nitrogens is 3. The molecule has 3 aromatic rings. The molecular formula is C22H27N5O2S. The minimum Gasteiger partial charge on any atom is -0.339 e. The van der Waals surface area contributed by atoms with E-state index in [1.54, 1.807) is 22.1 Å². The maximum absolute atomic E-state index is 12.8. The third-order valence-electron chi connectivity index (χ3n) is 5.35. The predicted molar refractivity (Wildman–Crippen MR) is 119 cm³/mol. The summed E-state index contributed by atoms with van der Waals surface area (Å²) < 4.78 is 1.62. The number of para-hydroxylation sites is 1. The van der Waals surface area contributed by atoms with Crippen LogP contribution >= 0.6 is 11.3 Å². The van der Waals surface area contributed by atoms with Crippen LogP contribution in [-0.4, -0.2) is 56.7 Å². The average Bonchev–Trinajstić information content (AvgIpc) is 3.20. The molecule has 0 bridgehead atoms. The summed E-state index contributed by atoms with van der Waals surface area (Å²) in [6, 6.07) is 7.27. The fraction of sp³-hybridized carbons (Fsp3) is 0.455. The minimum atomic E-state index is -0.125. The highest BCUT2D eigenvalue weighted by Crippen LogP contribution is 2.26. The van der Waals surface area contributed by atoms with E-state index in [9.17, 15) is 9.59 Å². The van der Waals surface area contributed by atoms with Crippen LogP contribution < -0.4 is 5.43 Å². The van der Waals surface area contributed by atoms with Crippen LogP contribution in [0.3, 0.4) is 0 Å². The fourth-order valence-electron chi connectivity index (χ4n) is 3.62. The van der Waals surface area contributed by atoms with Crippen molar-refractivity contribution >= 4 is 28.1 Å². The van der Waals surface area contributed by atoms with Crippen molar-refractivity contribution in [2.24, 2.45) is 0 Å². The molecule has 1 aliphatic heterocycles. The van der Waals surface area contributed by atoms with Crippen molar-refractivity contribution in [3.05, 3.63) is 56.8 Å². The number of carbonyl (C=O) groups excluding carboxylic acids is 1. The molecule has 8 heteroatoms. The molecule has 1 aliphatic rings. The van der Waals surface area contributed by atoms with Gasteiger partial charge in [-0.05, 0) is 12.1 Å². The Hall–Kier alpha value is -2.58. The summed E-state index contributed by atoms with van der Waals surface area (Å²) >= 11 is 1.72. The number of hydrogen-bond donors (Lipinski definition) is 0. The molecule has 1 saturated heterocycles. The Labute approximate surface area is 179 Å². The van der Waals surface area contributed by atoms with Crippen molar-refractivity contribution in [3.63, 3.8) is 0 Å². The van der Waals surface area contributed by atoms with Crippen LogP contribution in [0.25, 0.3) is 10.9 Å². The molecule has 1 aromatic carbocycles. The summed E-state index contributed by atoms with van der Waals surface area (Å²) in [4.78, 5) is 33.8. The van der Waals surface area contributed by atoms with E-state index in [4.69, 9.17) is 4.98 Å². The Morgan fingerprint density at radius 1 is 1.13 bits per heavy atom. The van der Waals surface area contributed by atoms with Crippen LogP contribution in [0.4, 0.5) is 0 Å². The zero-order valence-corrected chi connectivity index (χ0v) is 18.5. The van der Waals surface area contributed by atoms with Gasteiger partial charge < -0.3 is 4.90 Å². The number of amides is 1. The Balaban J connectivity index is 1.35. The van der Waals surface area contributed by atoms with Crippen molar-refractivity contribution in [1.82, 2.24) is 24.6 Å². The van der Waals surface area contributed by atoms with Gasteiger partial charge in [-0.15, -0.1) is 11.3 Å². The predicted octanol–water partition coefficient (Wildman–Crippen LogP) is 2.49. The van der Waals surface area contributed by atoms with Gasteiger partial charge in [-0.1, -0.05) is 32.9 Å². The third kappa shape index (κ3) is 4.44. The summed E-state index contributed by atoms with van der Waals surface area (Å²) in [6.45, 7) is 10.5. The van der Waals surface area contributed by atoms with Crippen molar-refractivity contribution < 1.29 is 4.79 Å². The van der Waals surface area contributed by atoms with Crippen LogP contribution in [-0.2, 0) is 23.3 Å². The van der Waals surface area contributed by atoms with Crippen LogP contribution in [0, 0.1) is 0 Å². The fourth-order valence-corrected chi connectivity index (χ4v) is 4.52. The van der Waals surface area contributed by atoms with Gasteiger partial charge in [0.2, 0.25) is 11.3 Å². The minimum absolute atomic E-state index is 0.0274. The Bertz CT molecular complexity index is 1110. The number of fused-ring (bicyclic) bond motifs is 1. The van der Waals surface area contributed by atoms with Gasteiger partial charge in [0.05, 0.1) is 22.4 Å². The number of hydrogen-bond acceptors (Lipinski definition) is 6. The third-order valence-corrected chi connectivity index (χ3v) is 6.67. The molecule has 0 aliphatic carbocycles. The second-order valence-electron chi connectivity index (χ2n) is 8.73. The van der Waals surface area contributed by atoms with Gasteiger partial charge in [0, 0.05) is 48.9 Å². The van der Waals surface area contributed by atoms with E-state index in [0.29, 0.717) is 24.0 Å². The zero-order valence-electron chi connectivity index (χ0n) is 17.7. The van der Waals surface area contributed by atoms with Crippen LogP contribution in [0.5, 0.6) is 0 Å². The maximum atomic E-state index is 12.8. The van der Waals surface area contributed by atoms with Crippen LogP contribution in [0.1, 0.15) is 31.5 Å². The molecule has 3 heterocycles. The molecular weight excluding hydrogens is 398 g/mol. The van der Waals surface area contributed by atoms with E-state index in [-0.39, 0.29) is 23.3 Å². The Morgan fingerprint density at radius 3 is 2.57 bits per heavy atom. The highest BCUT2D eigenvalue weighted by atomic mass is 32.1. The van der Waals surface area contributed by atoms with E-state index < -0.39 is 0 Å². The van der Waals surface area contributed by atoms with Crippen molar-refractivity contribution in [2.75, 3.05) is 26.2 Å². The van der Waals surface area contributed by atoms with Crippen molar-refractivity contribution in [3.8, 4) is 0 Å². The number of rotatable bonds is 4. The lowest BCUT2D eigenvalue weighted by molar-refractivity contribution is -0.133. The first kappa shape index (κ1) is 20.7. The van der Waals surface area contributed by atoms with Gasteiger partial charge in [0.25, 0.3) is 0 Å². The lowest BCUT2D eigenvalue weighted by atomic mass is 9.98. The van der Waals surface area contributed by atoms with Crippen LogP contribution in [0.15, 0.2) is 40.6 Å². The lowest BCUT2D eigenvalue weighted by Crippen LogP contribution is -2.49. The van der Waals surface area contributed by atoms with Crippen molar-refractivity contribution in [2.45, 2.75) is 39.3 Å². The standard InChI is InChI=1S/C22H27N5O2S/c1-22(2,3)21-24-16(15-30-21)13-25-8-10-26(11-9-25)20(29)14-27-18-7-5-4-6-17(18)19(28)12-23-27/h4-7,12,15H,8-11,13-14H2,1-3H3.